The highest BCUT2D eigenvalue weighted by Gasteiger charge is 2.31. The Kier molecular flexibility index (Phi) is 7.40. The molecule has 1 aromatic carbocycles. The number of carboxylic acid groups (broad SMARTS) is 1. The zero-order valence-corrected chi connectivity index (χ0v) is 13.5. The fourth-order valence-corrected chi connectivity index (χ4v) is 2.82. The second-order valence-electron chi connectivity index (χ2n) is 5.65. The molecule has 0 aliphatic rings. The van der Waals surface area contributed by atoms with Crippen molar-refractivity contribution in [2.24, 2.45) is 5.92 Å². The molecule has 1 aromatic rings. The maximum absolute atomic E-state index is 11.1. The van der Waals surface area contributed by atoms with Gasteiger partial charge in [0.1, 0.15) is 0 Å². The van der Waals surface area contributed by atoms with E-state index >= 15 is 0 Å². The maximum Gasteiger partial charge on any atom is 0.306 e. The van der Waals surface area contributed by atoms with Crippen LogP contribution in [0.2, 0.25) is 0 Å². The van der Waals surface area contributed by atoms with Crippen LogP contribution in [0.5, 0.6) is 0 Å². The summed E-state index contributed by atoms with van der Waals surface area (Å²) in [5.41, 5.74) is 1.22. The smallest absolute Gasteiger partial charge is 0.306 e. The summed E-state index contributed by atoms with van der Waals surface area (Å²) in [6, 6.07) is 10.3. The zero-order chi connectivity index (χ0) is 15.8. The van der Waals surface area contributed by atoms with E-state index in [4.69, 9.17) is 9.84 Å². The van der Waals surface area contributed by atoms with E-state index in [0.29, 0.717) is 5.92 Å². The SMILES string of the molecule is CC[C@H](C)[C@@H]([C@@H](CC(=O)O)OC)N(C)Cc1ccccc1. The largest absolute Gasteiger partial charge is 0.481 e. The van der Waals surface area contributed by atoms with Gasteiger partial charge in [-0.15, -0.1) is 0 Å². The summed E-state index contributed by atoms with van der Waals surface area (Å²) < 4.78 is 5.48. The van der Waals surface area contributed by atoms with Crippen LogP contribution in [0.25, 0.3) is 0 Å². The lowest BCUT2D eigenvalue weighted by Crippen LogP contribution is -2.47. The predicted octanol–water partition coefficient (Wildman–Crippen LogP) is 3.02. The molecular weight excluding hydrogens is 266 g/mol. The van der Waals surface area contributed by atoms with Crippen LogP contribution in [0, 0.1) is 5.92 Å². The lowest BCUT2D eigenvalue weighted by Gasteiger charge is -2.37. The monoisotopic (exact) mass is 293 g/mol. The molecule has 0 aliphatic heterocycles. The van der Waals surface area contributed by atoms with Crippen molar-refractivity contribution in [3.05, 3.63) is 35.9 Å². The third-order valence-electron chi connectivity index (χ3n) is 4.07. The topological polar surface area (TPSA) is 49.8 Å². The van der Waals surface area contributed by atoms with E-state index in [9.17, 15) is 4.79 Å². The molecular formula is C17H27NO3. The van der Waals surface area contributed by atoms with Crippen LogP contribution in [0.15, 0.2) is 30.3 Å². The molecule has 0 aromatic heterocycles. The number of methoxy groups -OCH3 is 1. The molecule has 0 spiro atoms. The minimum atomic E-state index is -0.816. The average Bonchev–Trinajstić information content (AvgIpc) is 2.46. The van der Waals surface area contributed by atoms with Gasteiger partial charge in [-0.25, -0.2) is 0 Å². The number of rotatable bonds is 9. The Bertz CT molecular complexity index is 421. The summed E-state index contributed by atoms with van der Waals surface area (Å²) in [4.78, 5) is 13.3. The lowest BCUT2D eigenvalue weighted by molar-refractivity contribution is -0.141. The number of benzene rings is 1. The van der Waals surface area contributed by atoms with Gasteiger partial charge in [0.2, 0.25) is 0 Å². The summed E-state index contributed by atoms with van der Waals surface area (Å²) in [7, 11) is 3.64. The molecule has 4 heteroatoms. The van der Waals surface area contributed by atoms with Crippen LogP contribution in [0.3, 0.4) is 0 Å². The van der Waals surface area contributed by atoms with Crippen molar-refractivity contribution in [1.82, 2.24) is 4.90 Å². The van der Waals surface area contributed by atoms with Crippen molar-refractivity contribution >= 4 is 5.97 Å². The van der Waals surface area contributed by atoms with Crippen molar-refractivity contribution in [2.45, 2.75) is 45.4 Å². The molecule has 0 saturated carbocycles. The van der Waals surface area contributed by atoms with E-state index < -0.39 is 5.97 Å². The minimum Gasteiger partial charge on any atom is -0.481 e. The van der Waals surface area contributed by atoms with Gasteiger partial charge < -0.3 is 9.84 Å². The second kappa shape index (κ2) is 8.80. The van der Waals surface area contributed by atoms with E-state index in [-0.39, 0.29) is 18.6 Å². The van der Waals surface area contributed by atoms with Gasteiger partial charge in [0.25, 0.3) is 0 Å². The normalized spacial score (nSPS) is 15.7. The Morgan fingerprint density at radius 2 is 1.95 bits per heavy atom. The number of hydrogen-bond acceptors (Lipinski definition) is 3. The summed E-state index contributed by atoms with van der Waals surface area (Å²) in [5.74, 6) is -0.453. The van der Waals surface area contributed by atoms with Crippen LogP contribution in [0.1, 0.15) is 32.3 Å². The third kappa shape index (κ3) is 5.48. The van der Waals surface area contributed by atoms with Gasteiger partial charge in [-0.2, -0.15) is 0 Å². The number of carboxylic acids is 1. The van der Waals surface area contributed by atoms with E-state index in [0.717, 1.165) is 13.0 Å². The van der Waals surface area contributed by atoms with Gasteiger partial charge >= 0.3 is 5.97 Å². The minimum absolute atomic E-state index is 0.0324. The third-order valence-corrected chi connectivity index (χ3v) is 4.07. The molecule has 118 valence electrons. The van der Waals surface area contributed by atoms with Gasteiger partial charge in [-0.3, -0.25) is 9.69 Å². The Labute approximate surface area is 127 Å². The number of aliphatic carboxylic acids is 1. The molecule has 1 N–H and O–H groups in total. The lowest BCUT2D eigenvalue weighted by atomic mass is 9.91. The first-order valence-electron chi connectivity index (χ1n) is 7.48. The van der Waals surface area contributed by atoms with Crippen molar-refractivity contribution in [3.63, 3.8) is 0 Å². The van der Waals surface area contributed by atoms with Crippen LogP contribution in [-0.2, 0) is 16.1 Å². The van der Waals surface area contributed by atoms with Crippen molar-refractivity contribution in [1.29, 1.82) is 0 Å². The Morgan fingerprint density at radius 1 is 1.33 bits per heavy atom. The van der Waals surface area contributed by atoms with Gasteiger partial charge in [-0.1, -0.05) is 50.6 Å². The number of hydrogen-bond donors (Lipinski definition) is 1. The molecule has 0 radical (unpaired) electrons. The van der Waals surface area contributed by atoms with Crippen molar-refractivity contribution in [2.75, 3.05) is 14.2 Å². The standard InChI is InChI=1S/C17H27NO3/c1-5-13(2)17(15(21-4)11-16(19)20)18(3)12-14-9-7-6-8-10-14/h6-10,13,15,17H,5,11-12H2,1-4H3,(H,19,20)/t13-,15+,17-/m0/s1. The van der Waals surface area contributed by atoms with Gasteiger partial charge in [0.15, 0.2) is 0 Å². The van der Waals surface area contributed by atoms with Gasteiger partial charge in [0.05, 0.1) is 12.5 Å². The van der Waals surface area contributed by atoms with Gasteiger partial charge in [0, 0.05) is 19.7 Å². The Balaban J connectivity index is 2.87. The van der Waals surface area contributed by atoms with E-state index in [2.05, 4.69) is 30.9 Å². The molecule has 0 fully saturated rings. The highest BCUT2D eigenvalue weighted by atomic mass is 16.5. The number of carbonyl (C=O) groups is 1. The fraction of sp³-hybridized carbons (Fsp3) is 0.588. The predicted molar refractivity (Wildman–Crippen MR) is 84.2 cm³/mol. The van der Waals surface area contributed by atoms with Crippen molar-refractivity contribution < 1.29 is 14.6 Å². The molecule has 1 rings (SSSR count). The van der Waals surface area contributed by atoms with Gasteiger partial charge in [-0.05, 0) is 18.5 Å². The molecule has 3 atom stereocenters. The highest BCUT2D eigenvalue weighted by molar-refractivity contribution is 5.67. The summed E-state index contributed by atoms with van der Waals surface area (Å²) in [5, 5.41) is 9.09. The molecule has 0 saturated heterocycles. The first-order chi connectivity index (χ1) is 9.99. The quantitative estimate of drug-likeness (QED) is 0.760. The van der Waals surface area contributed by atoms with E-state index in [1.54, 1.807) is 7.11 Å². The Hall–Kier alpha value is -1.39. The molecule has 4 nitrogen and oxygen atoms in total. The number of ether oxygens (including phenoxy) is 1. The Morgan fingerprint density at radius 3 is 2.43 bits per heavy atom. The molecule has 0 bridgehead atoms. The summed E-state index contributed by atoms with van der Waals surface area (Å²) in [6.45, 7) is 5.07. The number of nitrogens with zero attached hydrogens (tertiary/aromatic N) is 1. The van der Waals surface area contributed by atoms with Crippen LogP contribution >= 0.6 is 0 Å². The fourth-order valence-electron chi connectivity index (χ4n) is 2.82. The van der Waals surface area contributed by atoms with Crippen LogP contribution < -0.4 is 0 Å². The zero-order valence-electron chi connectivity index (χ0n) is 13.5. The second-order valence-corrected chi connectivity index (χ2v) is 5.65. The molecule has 0 heterocycles. The van der Waals surface area contributed by atoms with Crippen LogP contribution in [0.4, 0.5) is 0 Å². The average molecular weight is 293 g/mol. The van der Waals surface area contributed by atoms with Crippen molar-refractivity contribution in [3.8, 4) is 0 Å². The first-order valence-corrected chi connectivity index (χ1v) is 7.48. The number of likely N-dealkylation sites (N-methyl/N-ethyl adjacent to an activating group) is 1. The molecule has 0 amide bonds. The summed E-state index contributed by atoms with van der Waals surface area (Å²) >= 11 is 0. The summed E-state index contributed by atoms with van der Waals surface area (Å²) in [6.07, 6.45) is 0.722. The first kappa shape index (κ1) is 17.7. The molecule has 21 heavy (non-hydrogen) atoms. The van der Waals surface area contributed by atoms with E-state index in [1.165, 1.54) is 5.56 Å². The molecule has 0 aliphatic carbocycles. The van der Waals surface area contributed by atoms with E-state index in [1.807, 2.05) is 25.2 Å². The highest BCUT2D eigenvalue weighted by Crippen LogP contribution is 2.22. The maximum atomic E-state index is 11.1. The molecule has 0 unspecified atom stereocenters. The van der Waals surface area contributed by atoms with Crippen LogP contribution in [-0.4, -0.2) is 42.3 Å².